The van der Waals surface area contributed by atoms with Gasteiger partial charge in [0, 0.05) is 21.1 Å². The van der Waals surface area contributed by atoms with Crippen LogP contribution in [0.3, 0.4) is 0 Å². The van der Waals surface area contributed by atoms with Gasteiger partial charge in [-0.2, -0.15) is 0 Å². The molecule has 2 aromatic rings. The smallest absolute Gasteiger partial charge is 0.336 e. The lowest BCUT2D eigenvalue weighted by Crippen LogP contribution is -2.09. The lowest BCUT2D eigenvalue weighted by molar-refractivity contribution is -0.111. The summed E-state index contributed by atoms with van der Waals surface area (Å²) in [6.45, 7) is 1.97. The van der Waals surface area contributed by atoms with Gasteiger partial charge in [-0.25, -0.2) is 4.79 Å². The molecule has 0 saturated heterocycles. The Hall–Kier alpha value is -1.92. The Kier molecular flexibility index (Phi) is 4.93. The summed E-state index contributed by atoms with van der Waals surface area (Å²) in [7, 11) is 0. The Bertz CT molecular complexity index is 721. The van der Waals surface area contributed by atoms with Crippen LogP contribution in [0.1, 0.15) is 20.8 Å². The summed E-state index contributed by atoms with van der Waals surface area (Å²) in [5.74, 6) is -1.36. The molecule has 0 fully saturated rings. The third kappa shape index (κ3) is 4.03. The molecule has 6 heteroatoms. The molecule has 0 aliphatic heterocycles. The van der Waals surface area contributed by atoms with E-state index < -0.39 is 5.97 Å². The molecule has 4 nitrogen and oxygen atoms in total. The molecule has 0 saturated carbocycles. The van der Waals surface area contributed by atoms with E-state index in [2.05, 4.69) is 21.2 Å². The Morgan fingerprint density at radius 2 is 2.10 bits per heavy atom. The van der Waals surface area contributed by atoms with Crippen molar-refractivity contribution in [3.05, 3.63) is 56.2 Å². The molecule has 0 unspecified atom stereocenters. The minimum absolute atomic E-state index is 0.103. The van der Waals surface area contributed by atoms with E-state index in [1.165, 1.54) is 12.1 Å². The second-order valence-corrected chi connectivity index (χ2v) is 6.09. The van der Waals surface area contributed by atoms with Crippen molar-refractivity contribution in [2.75, 3.05) is 5.32 Å². The number of aromatic carboxylic acids is 1. The van der Waals surface area contributed by atoms with E-state index in [0.29, 0.717) is 10.2 Å². The summed E-state index contributed by atoms with van der Waals surface area (Å²) < 4.78 is 0.470. The van der Waals surface area contributed by atoms with Crippen LogP contribution in [0.25, 0.3) is 6.08 Å². The Balaban J connectivity index is 2.10. The zero-order valence-corrected chi connectivity index (χ0v) is 13.5. The summed E-state index contributed by atoms with van der Waals surface area (Å²) >= 11 is 4.71. The number of nitrogens with one attached hydrogen (secondary N) is 1. The monoisotopic (exact) mass is 365 g/mol. The molecule has 2 N–H and O–H groups in total. The maximum Gasteiger partial charge on any atom is 0.336 e. The van der Waals surface area contributed by atoms with Gasteiger partial charge in [-0.05, 0) is 64.1 Å². The van der Waals surface area contributed by atoms with Crippen LogP contribution in [0.5, 0.6) is 0 Å². The quantitative estimate of drug-likeness (QED) is 0.799. The van der Waals surface area contributed by atoms with Crippen molar-refractivity contribution < 1.29 is 14.7 Å². The number of hydrogen-bond acceptors (Lipinski definition) is 3. The van der Waals surface area contributed by atoms with Crippen molar-refractivity contribution in [2.45, 2.75) is 6.92 Å². The minimum Gasteiger partial charge on any atom is -0.478 e. The van der Waals surface area contributed by atoms with Gasteiger partial charge in [0.25, 0.3) is 0 Å². The highest BCUT2D eigenvalue weighted by Crippen LogP contribution is 2.21. The standard InChI is InChI=1S/C15H12BrNO3S/c1-9-6-7-21-13(9)4-5-14(18)17-10-2-3-12(16)11(8-10)15(19)20/h2-8H,1H3,(H,17,18)(H,19,20)/b5-4+. The van der Waals surface area contributed by atoms with Crippen molar-refractivity contribution >= 4 is 50.9 Å². The summed E-state index contributed by atoms with van der Waals surface area (Å²) in [5.41, 5.74) is 1.65. The first kappa shape index (κ1) is 15.5. The number of carboxylic acids is 1. The number of anilines is 1. The SMILES string of the molecule is Cc1ccsc1/C=C/C(=O)Nc1ccc(Br)c(C(=O)O)c1. The Labute approximate surface area is 134 Å². The molecule has 1 heterocycles. The fourth-order valence-corrected chi connectivity index (χ4v) is 2.89. The van der Waals surface area contributed by atoms with Crippen molar-refractivity contribution in [2.24, 2.45) is 0 Å². The maximum atomic E-state index is 11.8. The third-order valence-corrected chi connectivity index (χ3v) is 4.43. The van der Waals surface area contributed by atoms with Crippen LogP contribution in [0.4, 0.5) is 5.69 Å². The largest absolute Gasteiger partial charge is 0.478 e. The number of carbonyl (C=O) groups excluding carboxylic acids is 1. The number of amides is 1. The lowest BCUT2D eigenvalue weighted by atomic mass is 10.2. The molecule has 0 radical (unpaired) electrons. The fourth-order valence-electron chi connectivity index (χ4n) is 1.66. The van der Waals surface area contributed by atoms with Crippen molar-refractivity contribution in [3.8, 4) is 0 Å². The highest BCUT2D eigenvalue weighted by molar-refractivity contribution is 9.10. The molecule has 21 heavy (non-hydrogen) atoms. The first-order chi connectivity index (χ1) is 9.97. The van der Waals surface area contributed by atoms with Gasteiger partial charge >= 0.3 is 5.97 Å². The van der Waals surface area contributed by atoms with Crippen molar-refractivity contribution in [1.29, 1.82) is 0 Å². The first-order valence-corrected chi connectivity index (χ1v) is 7.70. The highest BCUT2D eigenvalue weighted by atomic mass is 79.9. The molecule has 2 rings (SSSR count). The summed E-state index contributed by atoms with van der Waals surface area (Å²) in [6, 6.07) is 6.62. The van der Waals surface area contributed by atoms with Crippen LogP contribution in [0, 0.1) is 6.92 Å². The van der Waals surface area contributed by atoms with Crippen LogP contribution in [-0.2, 0) is 4.79 Å². The van der Waals surface area contributed by atoms with E-state index >= 15 is 0 Å². The number of aryl methyl sites for hydroxylation is 1. The molecule has 0 aliphatic carbocycles. The second-order valence-electron chi connectivity index (χ2n) is 4.29. The minimum atomic E-state index is -1.05. The topological polar surface area (TPSA) is 66.4 Å². The van der Waals surface area contributed by atoms with Crippen LogP contribution in [-0.4, -0.2) is 17.0 Å². The van der Waals surface area contributed by atoms with Gasteiger partial charge in [0.1, 0.15) is 0 Å². The van der Waals surface area contributed by atoms with Crippen LogP contribution < -0.4 is 5.32 Å². The van der Waals surface area contributed by atoms with Gasteiger partial charge in [0.15, 0.2) is 0 Å². The van der Waals surface area contributed by atoms with Crippen molar-refractivity contribution in [3.63, 3.8) is 0 Å². The molecule has 108 valence electrons. The zero-order chi connectivity index (χ0) is 15.4. The van der Waals surface area contributed by atoms with E-state index in [4.69, 9.17) is 5.11 Å². The summed E-state index contributed by atoms with van der Waals surface area (Å²) in [5, 5.41) is 13.6. The van der Waals surface area contributed by atoms with E-state index in [1.54, 1.807) is 29.5 Å². The molecule has 0 bridgehead atoms. The Morgan fingerprint density at radius 3 is 2.71 bits per heavy atom. The average molecular weight is 366 g/mol. The van der Waals surface area contributed by atoms with E-state index in [9.17, 15) is 9.59 Å². The van der Waals surface area contributed by atoms with Crippen molar-refractivity contribution in [1.82, 2.24) is 0 Å². The molecule has 1 aromatic heterocycles. The number of halogens is 1. The normalized spacial score (nSPS) is 10.8. The molecule has 0 aliphatic rings. The fraction of sp³-hybridized carbons (Fsp3) is 0.0667. The maximum absolute atomic E-state index is 11.8. The second kappa shape index (κ2) is 6.69. The van der Waals surface area contributed by atoms with Gasteiger partial charge in [0.2, 0.25) is 5.91 Å². The molecule has 1 amide bonds. The molecule has 0 atom stereocenters. The number of hydrogen-bond donors (Lipinski definition) is 2. The predicted molar refractivity (Wildman–Crippen MR) is 87.8 cm³/mol. The van der Waals surface area contributed by atoms with E-state index in [-0.39, 0.29) is 11.5 Å². The molecule has 1 aromatic carbocycles. The summed E-state index contributed by atoms with van der Waals surface area (Å²) in [6.07, 6.45) is 3.17. The molecular formula is C15H12BrNO3S. The van der Waals surface area contributed by atoms with Gasteiger partial charge in [-0.3, -0.25) is 4.79 Å². The third-order valence-electron chi connectivity index (χ3n) is 2.75. The Morgan fingerprint density at radius 1 is 1.33 bits per heavy atom. The van der Waals surface area contributed by atoms with Gasteiger partial charge < -0.3 is 10.4 Å². The number of rotatable bonds is 4. The molecule has 0 spiro atoms. The van der Waals surface area contributed by atoms with Crippen LogP contribution >= 0.6 is 27.3 Å². The number of carboxylic acid groups (broad SMARTS) is 1. The van der Waals surface area contributed by atoms with E-state index in [0.717, 1.165) is 10.4 Å². The summed E-state index contributed by atoms with van der Waals surface area (Å²) in [4.78, 5) is 23.9. The van der Waals surface area contributed by atoms with E-state index in [1.807, 2.05) is 18.4 Å². The van der Waals surface area contributed by atoms with Crippen LogP contribution in [0.2, 0.25) is 0 Å². The van der Waals surface area contributed by atoms with Crippen LogP contribution in [0.15, 0.2) is 40.2 Å². The number of carbonyl (C=O) groups is 2. The predicted octanol–water partition coefficient (Wildman–Crippen LogP) is 4.17. The van der Waals surface area contributed by atoms with Gasteiger partial charge in [0.05, 0.1) is 5.56 Å². The highest BCUT2D eigenvalue weighted by Gasteiger charge is 2.09. The average Bonchev–Trinajstić information content (AvgIpc) is 2.84. The number of benzene rings is 1. The first-order valence-electron chi connectivity index (χ1n) is 6.03. The van der Waals surface area contributed by atoms with Gasteiger partial charge in [-0.1, -0.05) is 0 Å². The number of thiophene rings is 1. The lowest BCUT2D eigenvalue weighted by Gasteiger charge is -2.05. The molecular weight excluding hydrogens is 354 g/mol. The zero-order valence-electron chi connectivity index (χ0n) is 11.1. The van der Waals surface area contributed by atoms with Gasteiger partial charge in [-0.15, -0.1) is 11.3 Å².